The summed E-state index contributed by atoms with van der Waals surface area (Å²) in [5, 5.41) is 3.51. The van der Waals surface area contributed by atoms with Gasteiger partial charge in [-0.1, -0.05) is 0 Å². The summed E-state index contributed by atoms with van der Waals surface area (Å²) in [6.07, 6.45) is 2.59. The van der Waals surface area contributed by atoms with Crippen molar-refractivity contribution in [2.45, 2.75) is 24.9 Å². The summed E-state index contributed by atoms with van der Waals surface area (Å²) in [6, 6.07) is 1.18. The number of hydrogen-bond donors (Lipinski definition) is 1. The Hall–Kier alpha value is -0.810. The molecule has 0 aromatic rings. The second-order valence-electron chi connectivity index (χ2n) is 5.37. The summed E-state index contributed by atoms with van der Waals surface area (Å²) >= 11 is 0. The molecular weight excluding hydrogens is 218 g/mol. The minimum atomic E-state index is -0.182. The number of nitrogens with one attached hydrogen (secondary N) is 1. The van der Waals surface area contributed by atoms with Crippen LogP contribution in [0.15, 0.2) is 0 Å². The van der Waals surface area contributed by atoms with Crippen LogP contribution < -0.4 is 5.32 Å². The maximum Gasteiger partial charge on any atom is 0.409 e. The Morgan fingerprint density at radius 2 is 2.12 bits per heavy atom. The number of piperazine rings is 2. The quantitative estimate of drug-likeness (QED) is 0.706. The van der Waals surface area contributed by atoms with Gasteiger partial charge in [-0.15, -0.1) is 0 Å². The highest BCUT2D eigenvalue weighted by Crippen LogP contribution is 2.37. The van der Waals surface area contributed by atoms with Crippen LogP contribution in [0.1, 0.15) is 12.8 Å². The molecule has 2 aliphatic heterocycles. The van der Waals surface area contributed by atoms with Crippen molar-refractivity contribution in [1.82, 2.24) is 15.1 Å². The molecule has 0 radical (unpaired) electrons. The van der Waals surface area contributed by atoms with Crippen molar-refractivity contribution < 1.29 is 9.53 Å². The van der Waals surface area contributed by atoms with Crippen LogP contribution in [0.5, 0.6) is 0 Å². The van der Waals surface area contributed by atoms with Crippen LogP contribution in [0.25, 0.3) is 0 Å². The van der Waals surface area contributed by atoms with E-state index in [1.165, 1.54) is 20.0 Å². The molecule has 96 valence electrons. The summed E-state index contributed by atoms with van der Waals surface area (Å²) < 4.78 is 4.80. The predicted molar refractivity (Wildman–Crippen MR) is 63.9 cm³/mol. The van der Waals surface area contributed by atoms with Gasteiger partial charge in [0.2, 0.25) is 0 Å². The highest BCUT2D eigenvalue weighted by Gasteiger charge is 2.42. The van der Waals surface area contributed by atoms with E-state index >= 15 is 0 Å². The van der Waals surface area contributed by atoms with Gasteiger partial charge < -0.3 is 15.0 Å². The lowest BCUT2D eigenvalue weighted by atomic mass is 10.0. The van der Waals surface area contributed by atoms with Gasteiger partial charge in [0.15, 0.2) is 0 Å². The fourth-order valence-corrected chi connectivity index (χ4v) is 3.22. The van der Waals surface area contributed by atoms with E-state index in [-0.39, 0.29) is 6.09 Å². The van der Waals surface area contributed by atoms with E-state index in [0.29, 0.717) is 12.1 Å². The topological polar surface area (TPSA) is 44.8 Å². The van der Waals surface area contributed by atoms with Gasteiger partial charge in [0.05, 0.1) is 7.11 Å². The molecule has 3 aliphatic rings. The largest absolute Gasteiger partial charge is 0.453 e. The van der Waals surface area contributed by atoms with Crippen LogP contribution in [0.4, 0.5) is 4.79 Å². The minimum Gasteiger partial charge on any atom is -0.453 e. The zero-order chi connectivity index (χ0) is 11.8. The SMILES string of the molecule is COC(=O)N1CCN2C(CNCC2C2CC2)C1. The van der Waals surface area contributed by atoms with E-state index in [1.54, 1.807) is 0 Å². The molecule has 3 rings (SSSR count). The first-order chi connectivity index (χ1) is 8.29. The molecule has 2 saturated heterocycles. The fourth-order valence-electron chi connectivity index (χ4n) is 3.22. The normalized spacial score (nSPS) is 34.3. The molecule has 0 bridgehead atoms. The molecule has 2 unspecified atom stereocenters. The van der Waals surface area contributed by atoms with Crippen LogP contribution in [0.3, 0.4) is 0 Å². The number of methoxy groups -OCH3 is 1. The number of nitrogens with zero attached hydrogens (tertiary/aromatic N) is 2. The molecule has 3 fully saturated rings. The van der Waals surface area contributed by atoms with E-state index in [4.69, 9.17) is 4.74 Å². The Morgan fingerprint density at radius 1 is 1.29 bits per heavy atom. The van der Waals surface area contributed by atoms with Gasteiger partial charge in [-0.25, -0.2) is 4.79 Å². The van der Waals surface area contributed by atoms with Crippen LogP contribution in [-0.2, 0) is 4.74 Å². The third-order valence-corrected chi connectivity index (χ3v) is 4.29. The maximum absolute atomic E-state index is 11.5. The average Bonchev–Trinajstić information content (AvgIpc) is 3.20. The summed E-state index contributed by atoms with van der Waals surface area (Å²) in [6.45, 7) is 4.74. The minimum absolute atomic E-state index is 0.182. The van der Waals surface area contributed by atoms with E-state index in [0.717, 1.165) is 38.6 Å². The number of hydrogen-bond acceptors (Lipinski definition) is 4. The molecule has 17 heavy (non-hydrogen) atoms. The number of rotatable bonds is 1. The zero-order valence-corrected chi connectivity index (χ0v) is 10.4. The molecule has 1 N–H and O–H groups in total. The molecule has 2 atom stereocenters. The second kappa shape index (κ2) is 4.46. The molecule has 0 aromatic carbocycles. The zero-order valence-electron chi connectivity index (χ0n) is 10.4. The summed E-state index contributed by atoms with van der Waals surface area (Å²) in [5.74, 6) is 0.898. The van der Waals surface area contributed by atoms with Crippen LogP contribution in [-0.4, -0.2) is 67.8 Å². The van der Waals surface area contributed by atoms with Crippen molar-refractivity contribution in [2.75, 3.05) is 39.8 Å². The lowest BCUT2D eigenvalue weighted by Crippen LogP contribution is -2.66. The van der Waals surface area contributed by atoms with Crippen molar-refractivity contribution >= 4 is 6.09 Å². The lowest BCUT2D eigenvalue weighted by molar-refractivity contribution is 0.0123. The Balaban J connectivity index is 1.65. The van der Waals surface area contributed by atoms with Crippen LogP contribution in [0, 0.1) is 5.92 Å². The first-order valence-corrected chi connectivity index (χ1v) is 6.59. The smallest absolute Gasteiger partial charge is 0.409 e. The highest BCUT2D eigenvalue weighted by atomic mass is 16.5. The first-order valence-electron chi connectivity index (χ1n) is 6.59. The summed E-state index contributed by atoms with van der Waals surface area (Å²) in [5.41, 5.74) is 0. The maximum atomic E-state index is 11.5. The van der Waals surface area contributed by atoms with Crippen molar-refractivity contribution in [1.29, 1.82) is 0 Å². The van der Waals surface area contributed by atoms with E-state index < -0.39 is 0 Å². The number of ether oxygens (including phenoxy) is 1. The lowest BCUT2D eigenvalue weighted by Gasteiger charge is -2.48. The van der Waals surface area contributed by atoms with Crippen LogP contribution >= 0.6 is 0 Å². The molecule has 2 heterocycles. The van der Waals surface area contributed by atoms with Crippen molar-refractivity contribution in [2.24, 2.45) is 5.92 Å². The van der Waals surface area contributed by atoms with Crippen molar-refractivity contribution in [3.8, 4) is 0 Å². The van der Waals surface area contributed by atoms with Crippen LogP contribution in [0.2, 0.25) is 0 Å². The highest BCUT2D eigenvalue weighted by molar-refractivity contribution is 5.67. The first kappa shape index (κ1) is 11.3. The molecule has 0 spiro atoms. The third-order valence-electron chi connectivity index (χ3n) is 4.29. The van der Waals surface area contributed by atoms with Gasteiger partial charge in [-0.3, -0.25) is 4.90 Å². The number of fused-ring (bicyclic) bond motifs is 1. The molecule has 1 aliphatic carbocycles. The third kappa shape index (κ3) is 2.13. The number of carbonyl (C=O) groups excluding carboxylic acids is 1. The molecule has 1 saturated carbocycles. The van der Waals surface area contributed by atoms with E-state index in [1.807, 2.05) is 4.90 Å². The molecule has 5 nitrogen and oxygen atoms in total. The molecule has 5 heteroatoms. The predicted octanol–water partition coefficient (Wildman–Crippen LogP) is 0.121. The van der Waals surface area contributed by atoms with Gasteiger partial charge in [0, 0.05) is 44.8 Å². The van der Waals surface area contributed by atoms with E-state index in [9.17, 15) is 4.79 Å². The Labute approximate surface area is 102 Å². The summed E-state index contributed by atoms with van der Waals surface area (Å²) in [7, 11) is 1.46. The standard InChI is InChI=1S/C12H21N3O2/c1-17-12(16)14-4-5-15-10(8-14)6-13-7-11(15)9-2-3-9/h9-11,13H,2-8H2,1H3. The monoisotopic (exact) mass is 239 g/mol. The van der Waals surface area contributed by atoms with Gasteiger partial charge >= 0.3 is 6.09 Å². The Morgan fingerprint density at radius 3 is 2.82 bits per heavy atom. The molecule has 1 amide bonds. The second-order valence-corrected chi connectivity index (χ2v) is 5.37. The molecular formula is C12H21N3O2. The Bertz CT molecular complexity index is 306. The van der Waals surface area contributed by atoms with Gasteiger partial charge in [0.25, 0.3) is 0 Å². The molecule has 0 aromatic heterocycles. The number of carbonyl (C=O) groups is 1. The van der Waals surface area contributed by atoms with Gasteiger partial charge in [0.1, 0.15) is 0 Å². The average molecular weight is 239 g/mol. The fraction of sp³-hybridized carbons (Fsp3) is 0.917. The van der Waals surface area contributed by atoms with Gasteiger partial charge in [-0.2, -0.15) is 0 Å². The Kier molecular flexibility index (Phi) is 2.96. The van der Waals surface area contributed by atoms with Crippen molar-refractivity contribution in [3.05, 3.63) is 0 Å². The summed E-state index contributed by atoms with van der Waals surface area (Å²) in [4.78, 5) is 16.0. The van der Waals surface area contributed by atoms with Crippen molar-refractivity contribution in [3.63, 3.8) is 0 Å². The van der Waals surface area contributed by atoms with E-state index in [2.05, 4.69) is 10.2 Å². The van der Waals surface area contributed by atoms with Gasteiger partial charge in [-0.05, 0) is 18.8 Å². The number of amides is 1.